The Morgan fingerprint density at radius 2 is 2.25 bits per heavy atom. The van der Waals surface area contributed by atoms with Crippen molar-refractivity contribution in [3.05, 3.63) is 30.1 Å². The lowest BCUT2D eigenvalue weighted by Crippen LogP contribution is -2.17. The van der Waals surface area contributed by atoms with Crippen LogP contribution in [0.2, 0.25) is 0 Å². The standard InChI is InChI=1S/C12H14N2O2/c1-7(2)11(12(15)16)8-5-10-9(14-6-8)3-4-13-10/h3-7,11,13H,1-2H3,(H,15,16). The second-order valence-electron chi connectivity index (χ2n) is 4.24. The Balaban J connectivity index is 2.48. The number of nitrogens with zero attached hydrogens (tertiary/aromatic N) is 1. The largest absolute Gasteiger partial charge is 0.481 e. The lowest BCUT2D eigenvalue weighted by atomic mass is 9.89. The van der Waals surface area contributed by atoms with Gasteiger partial charge in [0.15, 0.2) is 0 Å². The van der Waals surface area contributed by atoms with Gasteiger partial charge in [-0.3, -0.25) is 9.78 Å². The summed E-state index contributed by atoms with van der Waals surface area (Å²) in [4.78, 5) is 18.4. The topological polar surface area (TPSA) is 66.0 Å². The molecular formula is C12H14N2O2. The Morgan fingerprint density at radius 1 is 1.50 bits per heavy atom. The number of fused-ring (bicyclic) bond motifs is 1. The number of H-pyrrole nitrogens is 1. The molecule has 0 aliphatic rings. The number of aromatic amines is 1. The summed E-state index contributed by atoms with van der Waals surface area (Å²) in [5.74, 6) is -1.25. The van der Waals surface area contributed by atoms with E-state index in [0.29, 0.717) is 0 Å². The molecule has 1 atom stereocenters. The molecule has 0 saturated heterocycles. The fourth-order valence-electron chi connectivity index (χ4n) is 1.93. The Kier molecular flexibility index (Phi) is 2.64. The highest BCUT2D eigenvalue weighted by Crippen LogP contribution is 2.26. The van der Waals surface area contributed by atoms with E-state index < -0.39 is 11.9 Å². The molecule has 0 aromatic carbocycles. The molecule has 2 heterocycles. The number of carboxylic acid groups (broad SMARTS) is 1. The van der Waals surface area contributed by atoms with Crippen LogP contribution in [0.1, 0.15) is 25.3 Å². The van der Waals surface area contributed by atoms with Crippen LogP contribution in [0.25, 0.3) is 11.0 Å². The molecule has 0 spiro atoms. The van der Waals surface area contributed by atoms with Gasteiger partial charge in [0.25, 0.3) is 0 Å². The van der Waals surface area contributed by atoms with E-state index in [1.807, 2.05) is 26.0 Å². The van der Waals surface area contributed by atoms with Crippen LogP contribution in [0.5, 0.6) is 0 Å². The molecule has 2 rings (SSSR count). The third-order valence-corrected chi connectivity index (χ3v) is 2.71. The minimum Gasteiger partial charge on any atom is -0.481 e. The highest BCUT2D eigenvalue weighted by molar-refractivity contribution is 5.80. The van der Waals surface area contributed by atoms with Crippen molar-refractivity contribution in [1.29, 1.82) is 0 Å². The van der Waals surface area contributed by atoms with Crippen LogP contribution in [-0.2, 0) is 4.79 Å². The number of aliphatic carboxylic acids is 1. The lowest BCUT2D eigenvalue weighted by Gasteiger charge is -2.15. The second kappa shape index (κ2) is 3.96. The Bertz CT molecular complexity index is 516. The van der Waals surface area contributed by atoms with Crippen molar-refractivity contribution in [2.75, 3.05) is 0 Å². The monoisotopic (exact) mass is 218 g/mol. The van der Waals surface area contributed by atoms with Crippen LogP contribution in [0.15, 0.2) is 24.5 Å². The van der Waals surface area contributed by atoms with Gasteiger partial charge in [0, 0.05) is 12.4 Å². The minimum atomic E-state index is -0.803. The first kappa shape index (κ1) is 10.7. The molecule has 0 fully saturated rings. The smallest absolute Gasteiger partial charge is 0.311 e. The van der Waals surface area contributed by atoms with Gasteiger partial charge < -0.3 is 10.1 Å². The Morgan fingerprint density at radius 3 is 2.88 bits per heavy atom. The molecule has 1 unspecified atom stereocenters. The number of pyridine rings is 1. The molecular weight excluding hydrogens is 204 g/mol. The summed E-state index contributed by atoms with van der Waals surface area (Å²) < 4.78 is 0. The maximum atomic E-state index is 11.2. The van der Waals surface area contributed by atoms with Crippen molar-refractivity contribution in [3.8, 4) is 0 Å². The minimum absolute atomic E-state index is 0.0479. The summed E-state index contributed by atoms with van der Waals surface area (Å²) in [5.41, 5.74) is 2.48. The van der Waals surface area contributed by atoms with E-state index in [2.05, 4.69) is 9.97 Å². The van der Waals surface area contributed by atoms with Gasteiger partial charge in [-0.25, -0.2) is 0 Å². The molecule has 84 valence electrons. The number of hydrogen-bond donors (Lipinski definition) is 2. The van der Waals surface area contributed by atoms with Crippen LogP contribution in [0.3, 0.4) is 0 Å². The van der Waals surface area contributed by atoms with Crippen LogP contribution in [0.4, 0.5) is 0 Å². The molecule has 0 aliphatic carbocycles. The van der Waals surface area contributed by atoms with Gasteiger partial charge >= 0.3 is 5.97 Å². The van der Waals surface area contributed by atoms with E-state index in [0.717, 1.165) is 16.6 Å². The molecule has 2 aromatic rings. The fraction of sp³-hybridized carbons (Fsp3) is 0.333. The van der Waals surface area contributed by atoms with Crippen LogP contribution >= 0.6 is 0 Å². The Hall–Kier alpha value is -1.84. The molecule has 0 bridgehead atoms. The summed E-state index contributed by atoms with van der Waals surface area (Å²) in [6.07, 6.45) is 3.45. The normalized spacial score (nSPS) is 13.2. The average molecular weight is 218 g/mol. The molecule has 4 nitrogen and oxygen atoms in total. The van der Waals surface area contributed by atoms with E-state index in [1.54, 1.807) is 12.4 Å². The van der Waals surface area contributed by atoms with Gasteiger partial charge in [0.05, 0.1) is 17.0 Å². The predicted octanol–water partition coefficient (Wildman–Crippen LogP) is 2.39. The quantitative estimate of drug-likeness (QED) is 0.831. The van der Waals surface area contributed by atoms with Crippen molar-refractivity contribution in [1.82, 2.24) is 9.97 Å². The number of carbonyl (C=O) groups is 1. The first-order valence-electron chi connectivity index (χ1n) is 5.25. The summed E-state index contributed by atoms with van der Waals surface area (Å²) >= 11 is 0. The van der Waals surface area contributed by atoms with E-state index >= 15 is 0 Å². The number of hydrogen-bond acceptors (Lipinski definition) is 2. The average Bonchev–Trinajstić information content (AvgIpc) is 2.63. The number of carboxylic acids is 1. The molecule has 0 amide bonds. The molecule has 2 aromatic heterocycles. The van der Waals surface area contributed by atoms with E-state index in [9.17, 15) is 9.90 Å². The number of rotatable bonds is 3. The summed E-state index contributed by atoms with van der Waals surface area (Å²) in [6, 6.07) is 3.73. The molecule has 0 radical (unpaired) electrons. The van der Waals surface area contributed by atoms with Gasteiger partial charge in [0.1, 0.15) is 0 Å². The van der Waals surface area contributed by atoms with E-state index in [1.165, 1.54) is 0 Å². The van der Waals surface area contributed by atoms with Crippen molar-refractivity contribution >= 4 is 17.0 Å². The zero-order chi connectivity index (χ0) is 11.7. The van der Waals surface area contributed by atoms with Gasteiger partial charge in [-0.15, -0.1) is 0 Å². The number of nitrogens with one attached hydrogen (secondary N) is 1. The second-order valence-corrected chi connectivity index (χ2v) is 4.24. The molecule has 4 heteroatoms. The molecule has 2 N–H and O–H groups in total. The van der Waals surface area contributed by atoms with Crippen molar-refractivity contribution in [2.24, 2.45) is 5.92 Å². The lowest BCUT2D eigenvalue weighted by molar-refractivity contribution is -0.139. The van der Waals surface area contributed by atoms with Crippen molar-refractivity contribution in [3.63, 3.8) is 0 Å². The van der Waals surface area contributed by atoms with Crippen LogP contribution < -0.4 is 0 Å². The first-order valence-corrected chi connectivity index (χ1v) is 5.25. The van der Waals surface area contributed by atoms with E-state index in [4.69, 9.17) is 0 Å². The van der Waals surface area contributed by atoms with Crippen LogP contribution in [0, 0.1) is 5.92 Å². The Labute approximate surface area is 93.3 Å². The molecule has 16 heavy (non-hydrogen) atoms. The van der Waals surface area contributed by atoms with Gasteiger partial charge in [0.2, 0.25) is 0 Å². The third kappa shape index (κ3) is 1.78. The number of aromatic nitrogens is 2. The van der Waals surface area contributed by atoms with Gasteiger partial charge in [-0.05, 0) is 23.6 Å². The zero-order valence-electron chi connectivity index (χ0n) is 9.27. The van der Waals surface area contributed by atoms with Gasteiger partial charge in [-0.1, -0.05) is 13.8 Å². The zero-order valence-corrected chi connectivity index (χ0v) is 9.27. The maximum Gasteiger partial charge on any atom is 0.311 e. The first-order chi connectivity index (χ1) is 7.59. The maximum absolute atomic E-state index is 11.2. The third-order valence-electron chi connectivity index (χ3n) is 2.71. The van der Waals surface area contributed by atoms with Crippen LogP contribution in [-0.4, -0.2) is 21.0 Å². The highest BCUT2D eigenvalue weighted by atomic mass is 16.4. The van der Waals surface area contributed by atoms with E-state index in [-0.39, 0.29) is 5.92 Å². The fourth-order valence-corrected chi connectivity index (χ4v) is 1.93. The summed E-state index contributed by atoms with van der Waals surface area (Å²) in [7, 11) is 0. The SMILES string of the molecule is CC(C)C(C(=O)O)c1cnc2cc[nH]c2c1. The summed E-state index contributed by atoms with van der Waals surface area (Å²) in [5, 5.41) is 9.18. The molecule has 0 aliphatic heterocycles. The molecule has 0 saturated carbocycles. The summed E-state index contributed by atoms with van der Waals surface area (Å²) in [6.45, 7) is 3.80. The predicted molar refractivity (Wildman–Crippen MR) is 61.3 cm³/mol. The van der Waals surface area contributed by atoms with Crippen molar-refractivity contribution in [2.45, 2.75) is 19.8 Å². The van der Waals surface area contributed by atoms with Gasteiger partial charge in [-0.2, -0.15) is 0 Å². The van der Waals surface area contributed by atoms with Crippen molar-refractivity contribution < 1.29 is 9.90 Å². The highest BCUT2D eigenvalue weighted by Gasteiger charge is 2.24.